The molecule has 0 aliphatic rings. The average molecular weight is 287 g/mol. The second kappa shape index (κ2) is 11.6. The molecule has 1 unspecified atom stereocenters. The zero-order valence-corrected chi connectivity index (χ0v) is 14.0. The Morgan fingerprint density at radius 3 is 2.29 bits per heavy atom. The fourth-order valence-electron chi connectivity index (χ4n) is 2.78. The summed E-state index contributed by atoms with van der Waals surface area (Å²) in [4.78, 5) is 0. The highest BCUT2D eigenvalue weighted by atomic mass is 14.9. The zero-order valence-electron chi connectivity index (χ0n) is 14.0. The van der Waals surface area contributed by atoms with Gasteiger partial charge < -0.3 is 5.32 Å². The fraction of sp³-hybridized carbons (Fsp3) is 0.600. The van der Waals surface area contributed by atoms with Crippen LogP contribution in [0.15, 0.2) is 30.8 Å². The molecule has 1 heteroatoms. The van der Waals surface area contributed by atoms with Crippen LogP contribution in [-0.2, 0) is 0 Å². The van der Waals surface area contributed by atoms with E-state index in [-0.39, 0.29) is 0 Å². The molecule has 0 heterocycles. The van der Waals surface area contributed by atoms with Gasteiger partial charge in [-0.3, -0.25) is 0 Å². The molecule has 118 valence electrons. The van der Waals surface area contributed by atoms with Gasteiger partial charge in [-0.1, -0.05) is 88.8 Å². The van der Waals surface area contributed by atoms with E-state index in [9.17, 15) is 0 Å². The molecule has 0 spiro atoms. The third kappa shape index (κ3) is 7.47. The van der Waals surface area contributed by atoms with Crippen molar-refractivity contribution in [1.82, 2.24) is 5.32 Å². The molecule has 0 aromatic heterocycles. The van der Waals surface area contributed by atoms with Gasteiger partial charge >= 0.3 is 0 Å². The number of nitrogens with one attached hydrogen (secondary N) is 1. The van der Waals surface area contributed by atoms with Crippen LogP contribution in [0.3, 0.4) is 0 Å². The number of hydrogen-bond donors (Lipinski definition) is 1. The molecule has 0 fully saturated rings. The highest BCUT2D eigenvalue weighted by Crippen LogP contribution is 2.18. The summed E-state index contributed by atoms with van der Waals surface area (Å²) < 4.78 is 0. The Balaban J connectivity index is 2.11. The van der Waals surface area contributed by atoms with Gasteiger partial charge in [0, 0.05) is 6.04 Å². The quantitative estimate of drug-likeness (QED) is 0.457. The van der Waals surface area contributed by atoms with Crippen LogP contribution in [-0.4, -0.2) is 6.54 Å². The molecule has 1 atom stereocenters. The van der Waals surface area contributed by atoms with Crippen LogP contribution >= 0.6 is 0 Å². The van der Waals surface area contributed by atoms with Crippen LogP contribution in [0.25, 0.3) is 6.08 Å². The lowest BCUT2D eigenvalue weighted by Crippen LogP contribution is -2.20. The van der Waals surface area contributed by atoms with Gasteiger partial charge in [0.15, 0.2) is 0 Å². The lowest BCUT2D eigenvalue weighted by molar-refractivity contribution is 0.521. The summed E-state index contributed by atoms with van der Waals surface area (Å²) in [5.74, 6) is 0. The summed E-state index contributed by atoms with van der Waals surface area (Å²) >= 11 is 0. The molecule has 1 nitrogen and oxygen atoms in total. The van der Waals surface area contributed by atoms with Crippen molar-refractivity contribution in [2.75, 3.05) is 6.54 Å². The van der Waals surface area contributed by atoms with E-state index in [1.165, 1.54) is 62.5 Å². The summed E-state index contributed by atoms with van der Waals surface area (Å²) in [5, 5.41) is 3.64. The predicted octanol–water partition coefficient (Wildman–Crippen LogP) is 6.12. The van der Waals surface area contributed by atoms with Gasteiger partial charge in [-0.15, -0.1) is 0 Å². The van der Waals surface area contributed by atoms with E-state index in [0.29, 0.717) is 6.04 Å². The zero-order chi connectivity index (χ0) is 15.3. The predicted molar refractivity (Wildman–Crippen MR) is 95.6 cm³/mol. The van der Waals surface area contributed by atoms with E-state index in [4.69, 9.17) is 0 Å². The molecule has 1 rings (SSSR count). The number of benzene rings is 1. The molecule has 1 aromatic rings. The van der Waals surface area contributed by atoms with Gasteiger partial charge in [-0.25, -0.2) is 0 Å². The summed E-state index contributed by atoms with van der Waals surface area (Å²) in [6.07, 6.45) is 13.0. The normalized spacial score (nSPS) is 12.3. The first-order chi connectivity index (χ1) is 10.3. The highest BCUT2D eigenvalue weighted by molar-refractivity contribution is 5.52. The second-order valence-electron chi connectivity index (χ2n) is 5.98. The van der Waals surface area contributed by atoms with Crippen LogP contribution in [0, 0.1) is 0 Å². The third-order valence-corrected chi connectivity index (χ3v) is 4.16. The minimum atomic E-state index is 0.406. The summed E-state index contributed by atoms with van der Waals surface area (Å²) in [6.45, 7) is 9.53. The Morgan fingerprint density at radius 1 is 1.00 bits per heavy atom. The van der Waals surface area contributed by atoms with Crippen LogP contribution in [0.2, 0.25) is 0 Å². The standard InChI is InChI=1S/C20H33N/c1-4-6-7-8-9-10-11-14-17-21-18(3)20-16-13-12-15-19(20)5-2/h5,12-13,15-16,18,21H,2,4,6-11,14,17H2,1,3H3. The summed E-state index contributed by atoms with van der Waals surface area (Å²) in [7, 11) is 0. The summed E-state index contributed by atoms with van der Waals surface area (Å²) in [5.41, 5.74) is 2.60. The maximum absolute atomic E-state index is 3.90. The van der Waals surface area contributed by atoms with Crippen molar-refractivity contribution in [3.8, 4) is 0 Å². The molecule has 0 bridgehead atoms. The van der Waals surface area contributed by atoms with E-state index in [0.717, 1.165) is 6.54 Å². The van der Waals surface area contributed by atoms with Gasteiger partial charge in [0.2, 0.25) is 0 Å². The van der Waals surface area contributed by atoms with Crippen LogP contribution < -0.4 is 5.32 Å². The second-order valence-corrected chi connectivity index (χ2v) is 5.98. The van der Waals surface area contributed by atoms with Crippen molar-refractivity contribution < 1.29 is 0 Å². The molecule has 0 saturated heterocycles. The van der Waals surface area contributed by atoms with Gasteiger partial charge in [-0.05, 0) is 31.0 Å². The fourth-order valence-corrected chi connectivity index (χ4v) is 2.78. The number of unbranched alkanes of at least 4 members (excludes halogenated alkanes) is 7. The highest BCUT2D eigenvalue weighted by Gasteiger charge is 2.07. The minimum Gasteiger partial charge on any atom is -0.310 e. The van der Waals surface area contributed by atoms with E-state index >= 15 is 0 Å². The van der Waals surface area contributed by atoms with Gasteiger partial charge in [0.1, 0.15) is 0 Å². The van der Waals surface area contributed by atoms with Gasteiger partial charge in [0.05, 0.1) is 0 Å². The lowest BCUT2D eigenvalue weighted by atomic mass is 10.0. The monoisotopic (exact) mass is 287 g/mol. The van der Waals surface area contributed by atoms with Gasteiger partial charge in [-0.2, -0.15) is 0 Å². The van der Waals surface area contributed by atoms with E-state index < -0.39 is 0 Å². The molecule has 1 aromatic carbocycles. The maximum atomic E-state index is 3.90. The van der Waals surface area contributed by atoms with Crippen molar-refractivity contribution in [3.05, 3.63) is 42.0 Å². The van der Waals surface area contributed by atoms with Crippen LogP contribution in [0.1, 0.15) is 82.4 Å². The first-order valence-electron chi connectivity index (χ1n) is 8.74. The Morgan fingerprint density at radius 2 is 1.62 bits per heavy atom. The Kier molecular flexibility index (Phi) is 9.90. The minimum absolute atomic E-state index is 0.406. The molecule has 1 N–H and O–H groups in total. The molecule has 0 radical (unpaired) electrons. The van der Waals surface area contributed by atoms with Crippen molar-refractivity contribution in [3.63, 3.8) is 0 Å². The largest absolute Gasteiger partial charge is 0.310 e. The van der Waals surface area contributed by atoms with Crippen molar-refractivity contribution in [1.29, 1.82) is 0 Å². The average Bonchev–Trinajstić information content (AvgIpc) is 2.53. The Bertz CT molecular complexity index is 383. The molecule has 0 amide bonds. The third-order valence-electron chi connectivity index (χ3n) is 4.16. The topological polar surface area (TPSA) is 12.0 Å². The first-order valence-corrected chi connectivity index (χ1v) is 8.74. The maximum Gasteiger partial charge on any atom is 0.0297 e. The SMILES string of the molecule is C=Cc1ccccc1C(C)NCCCCCCCCCC. The lowest BCUT2D eigenvalue weighted by Gasteiger charge is -2.16. The molecule has 0 saturated carbocycles. The van der Waals surface area contributed by atoms with Crippen molar-refractivity contribution in [2.45, 2.75) is 71.3 Å². The molecule has 21 heavy (non-hydrogen) atoms. The van der Waals surface area contributed by atoms with Crippen molar-refractivity contribution in [2.24, 2.45) is 0 Å². The van der Waals surface area contributed by atoms with Crippen LogP contribution in [0.4, 0.5) is 0 Å². The van der Waals surface area contributed by atoms with E-state index in [1.807, 2.05) is 6.08 Å². The smallest absolute Gasteiger partial charge is 0.0297 e. The number of hydrogen-bond acceptors (Lipinski definition) is 1. The van der Waals surface area contributed by atoms with E-state index in [1.54, 1.807) is 0 Å². The van der Waals surface area contributed by atoms with Gasteiger partial charge in [0.25, 0.3) is 0 Å². The molecule has 0 aliphatic carbocycles. The Hall–Kier alpha value is -1.08. The Labute approximate surface area is 131 Å². The summed E-state index contributed by atoms with van der Waals surface area (Å²) in [6, 6.07) is 8.92. The van der Waals surface area contributed by atoms with Crippen molar-refractivity contribution >= 4 is 6.08 Å². The molecule has 0 aliphatic heterocycles. The van der Waals surface area contributed by atoms with E-state index in [2.05, 4.69) is 50.0 Å². The molecular weight excluding hydrogens is 254 g/mol. The first kappa shape index (κ1) is 18.0. The van der Waals surface area contributed by atoms with Crippen LogP contribution in [0.5, 0.6) is 0 Å². The molecular formula is C20H33N. The number of rotatable bonds is 12.